The quantitative estimate of drug-likeness (QED) is 0.881. The number of aliphatic hydroxyl groups is 1. The van der Waals surface area contributed by atoms with Gasteiger partial charge in [-0.15, -0.1) is 0 Å². The minimum absolute atomic E-state index is 0.0730. The molecule has 1 saturated heterocycles. The molecule has 0 bridgehead atoms. The molecule has 1 aromatic carbocycles. The van der Waals surface area contributed by atoms with Crippen molar-refractivity contribution in [2.24, 2.45) is 0 Å². The summed E-state index contributed by atoms with van der Waals surface area (Å²) in [7, 11) is 1.37. The van der Waals surface area contributed by atoms with E-state index in [0.29, 0.717) is 6.61 Å². The lowest BCUT2D eigenvalue weighted by molar-refractivity contribution is -0.257. The van der Waals surface area contributed by atoms with Crippen LogP contribution in [0.25, 0.3) is 0 Å². The van der Waals surface area contributed by atoms with E-state index in [-0.39, 0.29) is 6.61 Å². The average Bonchev–Trinajstić information content (AvgIpc) is 2.42. The van der Waals surface area contributed by atoms with Gasteiger partial charge in [0, 0.05) is 7.11 Å². The van der Waals surface area contributed by atoms with Crippen LogP contribution in [0, 0.1) is 0 Å². The molecule has 1 heterocycles. The number of ether oxygens (including phenoxy) is 3. The van der Waals surface area contributed by atoms with Crippen LogP contribution in [0.2, 0.25) is 0 Å². The fourth-order valence-electron chi connectivity index (χ4n) is 1.88. The normalized spacial score (nSPS) is 32.4. The molecule has 0 radical (unpaired) electrons. The van der Waals surface area contributed by atoms with Crippen molar-refractivity contribution in [1.29, 1.82) is 0 Å². The highest BCUT2D eigenvalue weighted by Gasteiger charge is 2.40. The molecule has 0 aliphatic carbocycles. The molecule has 4 nitrogen and oxygen atoms in total. The summed E-state index contributed by atoms with van der Waals surface area (Å²) in [5.74, 6) is 0. The Morgan fingerprint density at radius 2 is 2.11 bits per heavy atom. The van der Waals surface area contributed by atoms with Crippen LogP contribution in [0.3, 0.4) is 0 Å². The zero-order chi connectivity index (χ0) is 13.0. The number of hydrogen-bond donors (Lipinski definition) is 1. The molecule has 5 heteroatoms. The summed E-state index contributed by atoms with van der Waals surface area (Å²) in [6.45, 7) is 0.364. The van der Waals surface area contributed by atoms with Gasteiger partial charge in [-0.3, -0.25) is 0 Å². The Labute approximate surface area is 105 Å². The minimum atomic E-state index is -1.51. The second-order valence-electron chi connectivity index (χ2n) is 4.21. The van der Waals surface area contributed by atoms with Crippen LogP contribution in [-0.2, 0) is 20.8 Å². The van der Waals surface area contributed by atoms with Crippen LogP contribution in [0.5, 0.6) is 0 Å². The molecule has 2 rings (SSSR count). The molecule has 1 N–H and O–H groups in total. The summed E-state index contributed by atoms with van der Waals surface area (Å²) in [4.78, 5) is 0. The first-order chi connectivity index (χ1) is 8.72. The van der Waals surface area contributed by atoms with Gasteiger partial charge < -0.3 is 19.3 Å². The standard InChI is InChI=1S/C13H17FO4/c1-16-13-12(15)11(14)10(8-18-13)17-7-9-5-3-2-4-6-9/h2-6,10-13,15H,7-8H2,1H3/t10-,11-,12+,13-/m1/s1. The molecule has 1 fully saturated rings. The topological polar surface area (TPSA) is 47.9 Å². The maximum Gasteiger partial charge on any atom is 0.186 e. The number of halogens is 1. The largest absolute Gasteiger partial charge is 0.385 e. The fourth-order valence-corrected chi connectivity index (χ4v) is 1.88. The highest BCUT2D eigenvalue weighted by molar-refractivity contribution is 5.13. The maximum atomic E-state index is 13.8. The van der Waals surface area contributed by atoms with Crippen LogP contribution in [0.15, 0.2) is 30.3 Å². The number of hydrogen-bond acceptors (Lipinski definition) is 4. The minimum Gasteiger partial charge on any atom is -0.385 e. The van der Waals surface area contributed by atoms with E-state index in [0.717, 1.165) is 5.56 Å². The molecule has 0 spiro atoms. The van der Waals surface area contributed by atoms with E-state index >= 15 is 0 Å². The van der Waals surface area contributed by atoms with E-state index in [1.807, 2.05) is 30.3 Å². The van der Waals surface area contributed by atoms with Crippen molar-refractivity contribution in [3.05, 3.63) is 35.9 Å². The predicted molar refractivity (Wildman–Crippen MR) is 62.7 cm³/mol. The molecule has 0 amide bonds. The molecule has 0 saturated carbocycles. The molecule has 4 atom stereocenters. The van der Waals surface area contributed by atoms with Gasteiger partial charge in [-0.25, -0.2) is 4.39 Å². The zero-order valence-corrected chi connectivity index (χ0v) is 10.2. The Morgan fingerprint density at radius 1 is 1.39 bits per heavy atom. The van der Waals surface area contributed by atoms with E-state index < -0.39 is 24.7 Å². The average molecular weight is 256 g/mol. The molecule has 100 valence electrons. The molecule has 0 unspecified atom stereocenters. The second kappa shape index (κ2) is 6.24. The van der Waals surface area contributed by atoms with Gasteiger partial charge in [0.25, 0.3) is 0 Å². The summed E-state index contributed by atoms with van der Waals surface area (Å²) in [5, 5.41) is 9.60. The Morgan fingerprint density at radius 3 is 2.78 bits per heavy atom. The van der Waals surface area contributed by atoms with Gasteiger partial charge in [-0.05, 0) is 5.56 Å². The van der Waals surface area contributed by atoms with Gasteiger partial charge >= 0.3 is 0 Å². The Kier molecular flexibility index (Phi) is 4.66. The lowest BCUT2D eigenvalue weighted by Gasteiger charge is -2.35. The lowest BCUT2D eigenvalue weighted by atomic mass is 10.1. The van der Waals surface area contributed by atoms with Gasteiger partial charge in [0.1, 0.15) is 12.2 Å². The first kappa shape index (κ1) is 13.4. The van der Waals surface area contributed by atoms with Gasteiger partial charge in [0.05, 0.1) is 13.2 Å². The van der Waals surface area contributed by atoms with Crippen molar-refractivity contribution in [2.45, 2.75) is 31.3 Å². The number of alkyl halides is 1. The number of methoxy groups -OCH3 is 1. The Bertz CT molecular complexity index is 359. The molecule has 1 aliphatic rings. The van der Waals surface area contributed by atoms with Crippen molar-refractivity contribution < 1.29 is 23.7 Å². The van der Waals surface area contributed by atoms with Crippen LogP contribution in [0.1, 0.15) is 5.56 Å². The van der Waals surface area contributed by atoms with Gasteiger partial charge in [-0.2, -0.15) is 0 Å². The van der Waals surface area contributed by atoms with Crippen molar-refractivity contribution in [3.63, 3.8) is 0 Å². The number of rotatable bonds is 4. The monoisotopic (exact) mass is 256 g/mol. The molecule has 18 heavy (non-hydrogen) atoms. The van der Waals surface area contributed by atoms with E-state index in [9.17, 15) is 9.50 Å². The highest BCUT2D eigenvalue weighted by Crippen LogP contribution is 2.22. The van der Waals surface area contributed by atoms with Gasteiger partial charge in [-0.1, -0.05) is 30.3 Å². The first-order valence-corrected chi connectivity index (χ1v) is 5.84. The molecular formula is C13H17FO4. The summed E-state index contributed by atoms with van der Waals surface area (Å²) >= 11 is 0. The van der Waals surface area contributed by atoms with E-state index in [2.05, 4.69) is 0 Å². The molecular weight excluding hydrogens is 239 g/mol. The van der Waals surface area contributed by atoms with Crippen molar-refractivity contribution in [2.75, 3.05) is 13.7 Å². The van der Waals surface area contributed by atoms with Crippen molar-refractivity contribution >= 4 is 0 Å². The van der Waals surface area contributed by atoms with Crippen LogP contribution >= 0.6 is 0 Å². The molecule has 1 aromatic rings. The summed E-state index contributed by atoms with van der Waals surface area (Å²) < 4.78 is 29.3. The Hall–Kier alpha value is -1.01. The Balaban J connectivity index is 1.87. The lowest BCUT2D eigenvalue weighted by Crippen LogP contribution is -2.52. The molecule has 0 aromatic heterocycles. The predicted octanol–water partition coefficient (Wildman–Crippen LogP) is 1.27. The number of benzene rings is 1. The first-order valence-electron chi connectivity index (χ1n) is 5.84. The van der Waals surface area contributed by atoms with Gasteiger partial charge in [0.15, 0.2) is 12.5 Å². The fraction of sp³-hybridized carbons (Fsp3) is 0.538. The number of aliphatic hydroxyl groups excluding tert-OH is 1. The third-order valence-corrected chi connectivity index (χ3v) is 2.92. The smallest absolute Gasteiger partial charge is 0.186 e. The summed E-state index contributed by atoms with van der Waals surface area (Å²) in [6, 6.07) is 9.46. The third kappa shape index (κ3) is 3.05. The van der Waals surface area contributed by atoms with E-state index in [1.165, 1.54) is 7.11 Å². The zero-order valence-electron chi connectivity index (χ0n) is 10.2. The third-order valence-electron chi connectivity index (χ3n) is 2.92. The van der Waals surface area contributed by atoms with Crippen LogP contribution in [0.4, 0.5) is 4.39 Å². The SMILES string of the molecule is CO[C@@H]1OC[C@@H](OCc2ccccc2)[C@@H](F)[C@@H]1O. The maximum absolute atomic E-state index is 13.8. The summed E-state index contributed by atoms with van der Waals surface area (Å²) in [5.41, 5.74) is 0.952. The van der Waals surface area contributed by atoms with Crippen molar-refractivity contribution in [1.82, 2.24) is 0 Å². The van der Waals surface area contributed by atoms with Gasteiger partial charge in [0.2, 0.25) is 0 Å². The second-order valence-corrected chi connectivity index (χ2v) is 4.21. The highest BCUT2D eigenvalue weighted by atomic mass is 19.1. The van der Waals surface area contributed by atoms with Crippen LogP contribution < -0.4 is 0 Å². The van der Waals surface area contributed by atoms with E-state index in [1.54, 1.807) is 0 Å². The summed E-state index contributed by atoms with van der Waals surface area (Å²) in [6.07, 6.45) is -4.51. The van der Waals surface area contributed by atoms with Crippen LogP contribution in [-0.4, -0.2) is 43.5 Å². The van der Waals surface area contributed by atoms with E-state index in [4.69, 9.17) is 14.2 Å². The molecule has 1 aliphatic heterocycles. The van der Waals surface area contributed by atoms with Crippen molar-refractivity contribution in [3.8, 4) is 0 Å².